The van der Waals surface area contributed by atoms with E-state index in [1.54, 1.807) is 75.4 Å². The SMILES string of the molecule is CCO[P+](OCC)(OCC)C12Oc3ccccc3C(=O)N(C)C1=C([O-])N(c1ccccc1)C2=O. The van der Waals surface area contributed by atoms with Crippen molar-refractivity contribution in [3.63, 3.8) is 0 Å². The Bertz CT molecular complexity index is 1110. The molecule has 0 aromatic heterocycles. The summed E-state index contributed by atoms with van der Waals surface area (Å²) in [6, 6.07) is 15.0. The largest absolute Gasteiger partial charge is 0.858 e. The minimum atomic E-state index is -3.76. The lowest BCUT2D eigenvalue weighted by atomic mass is 10.2. The van der Waals surface area contributed by atoms with E-state index in [9.17, 15) is 14.7 Å². The Labute approximate surface area is 199 Å². The van der Waals surface area contributed by atoms with Crippen LogP contribution in [0.5, 0.6) is 5.75 Å². The third-order valence-electron chi connectivity index (χ3n) is 5.53. The number of rotatable bonds is 8. The average molecular weight is 486 g/mol. The summed E-state index contributed by atoms with van der Waals surface area (Å²) in [5.41, 5.74) is 0.338. The summed E-state index contributed by atoms with van der Waals surface area (Å²) < 4.78 is 24.7. The minimum absolute atomic E-state index is 0.123. The van der Waals surface area contributed by atoms with Crippen molar-refractivity contribution < 1.29 is 33.0 Å². The van der Waals surface area contributed by atoms with Gasteiger partial charge in [-0.3, -0.25) is 14.5 Å². The molecule has 2 aliphatic rings. The van der Waals surface area contributed by atoms with Gasteiger partial charge in [-0.15, -0.1) is 0 Å². The van der Waals surface area contributed by atoms with E-state index in [-0.39, 0.29) is 36.8 Å². The first kappa shape index (κ1) is 24.2. The van der Waals surface area contributed by atoms with Gasteiger partial charge < -0.3 is 14.7 Å². The minimum Gasteiger partial charge on any atom is -0.858 e. The van der Waals surface area contributed by atoms with E-state index in [0.717, 1.165) is 9.80 Å². The number of nitrogens with zero attached hydrogens (tertiary/aromatic N) is 2. The normalized spacial score (nSPS) is 20.2. The molecule has 2 amide bonds. The highest BCUT2D eigenvalue weighted by Crippen LogP contribution is 2.76. The number of para-hydroxylation sites is 2. The molecule has 2 aliphatic heterocycles. The molecule has 0 saturated carbocycles. The smallest absolute Gasteiger partial charge is 0.476 e. The maximum atomic E-state index is 14.4. The summed E-state index contributed by atoms with van der Waals surface area (Å²) >= 11 is 0. The summed E-state index contributed by atoms with van der Waals surface area (Å²) in [7, 11) is -2.32. The van der Waals surface area contributed by atoms with E-state index in [2.05, 4.69) is 0 Å². The number of ether oxygens (including phenoxy) is 1. The first-order chi connectivity index (χ1) is 16.4. The summed E-state index contributed by atoms with van der Waals surface area (Å²) in [4.78, 5) is 30.0. The van der Waals surface area contributed by atoms with Crippen molar-refractivity contribution >= 4 is 25.4 Å². The fourth-order valence-electron chi connectivity index (χ4n) is 4.24. The third kappa shape index (κ3) is 3.39. The second kappa shape index (κ2) is 9.35. The van der Waals surface area contributed by atoms with Crippen molar-refractivity contribution in [3.05, 3.63) is 71.7 Å². The second-order valence-electron chi connectivity index (χ2n) is 7.49. The summed E-state index contributed by atoms with van der Waals surface area (Å²) in [6.45, 7) is 5.57. The number of hydrogen-bond acceptors (Lipinski definition) is 7. The molecule has 2 aromatic carbocycles. The van der Waals surface area contributed by atoms with Crippen LogP contribution >= 0.6 is 7.94 Å². The Morgan fingerprint density at radius 3 is 2.06 bits per heavy atom. The molecule has 0 aliphatic carbocycles. The zero-order valence-corrected chi connectivity index (χ0v) is 20.4. The Morgan fingerprint density at radius 1 is 0.912 bits per heavy atom. The number of anilines is 1. The molecule has 0 spiro atoms. The molecule has 2 aromatic rings. The van der Waals surface area contributed by atoms with Gasteiger partial charge in [0.25, 0.3) is 5.91 Å². The van der Waals surface area contributed by atoms with Gasteiger partial charge in [-0.2, -0.15) is 13.6 Å². The van der Waals surface area contributed by atoms with Gasteiger partial charge in [-0.25, -0.2) is 0 Å². The maximum absolute atomic E-state index is 14.4. The molecule has 9 nitrogen and oxygen atoms in total. The van der Waals surface area contributed by atoms with Crippen molar-refractivity contribution in [2.45, 2.75) is 26.1 Å². The van der Waals surface area contributed by atoms with Crippen LogP contribution in [0.2, 0.25) is 0 Å². The standard InChI is InChI=1S/C24H27N2O7P/c1-5-30-34(31-6-2,32-7-3)24-20(22(28)26(23(24)29)17-13-9-8-10-14-17)25(4)21(27)18-15-11-12-16-19(18)33-24/h8-16H,5-7H2,1-4H3. The maximum Gasteiger partial charge on any atom is 0.476 e. The molecule has 0 fully saturated rings. The van der Waals surface area contributed by atoms with Crippen LogP contribution in [0.3, 0.4) is 0 Å². The van der Waals surface area contributed by atoms with Crippen molar-refractivity contribution in [3.8, 4) is 5.75 Å². The summed E-state index contributed by atoms with van der Waals surface area (Å²) in [5.74, 6) is -1.80. The number of carbonyl (C=O) groups is 2. The van der Waals surface area contributed by atoms with E-state index in [1.165, 1.54) is 7.05 Å². The first-order valence-electron chi connectivity index (χ1n) is 11.1. The number of fused-ring (bicyclic) bond motifs is 2. The number of benzene rings is 2. The topological polar surface area (TPSA) is 101 Å². The van der Waals surface area contributed by atoms with E-state index in [4.69, 9.17) is 18.3 Å². The van der Waals surface area contributed by atoms with Crippen molar-refractivity contribution in [1.82, 2.24) is 4.90 Å². The zero-order chi connectivity index (χ0) is 24.5. The Balaban J connectivity index is 2.08. The fourth-order valence-corrected chi connectivity index (χ4v) is 7.08. The quantitative estimate of drug-likeness (QED) is 0.528. The highest BCUT2D eigenvalue weighted by atomic mass is 31.2. The van der Waals surface area contributed by atoms with E-state index < -0.39 is 31.0 Å². The molecule has 0 N–H and O–H groups in total. The Kier molecular flexibility index (Phi) is 6.64. The number of likely N-dealkylation sites (N-methyl/N-ethyl adjacent to an activating group) is 1. The summed E-state index contributed by atoms with van der Waals surface area (Å²) in [6.07, 6.45) is 0. The van der Waals surface area contributed by atoms with Crippen LogP contribution < -0.4 is 14.7 Å². The van der Waals surface area contributed by atoms with Gasteiger partial charge in [0, 0.05) is 18.6 Å². The molecular formula is C24H27N2O7P. The number of carbonyl (C=O) groups excluding carboxylic acids is 2. The highest BCUT2D eigenvalue weighted by Gasteiger charge is 2.81. The Hall–Kier alpha value is -2.97. The molecular weight excluding hydrogens is 459 g/mol. The van der Waals surface area contributed by atoms with Gasteiger partial charge in [-0.1, -0.05) is 30.3 Å². The van der Waals surface area contributed by atoms with Crippen LogP contribution in [0.4, 0.5) is 5.69 Å². The molecule has 4 rings (SSSR count). The number of hydrogen-bond donors (Lipinski definition) is 0. The summed E-state index contributed by atoms with van der Waals surface area (Å²) in [5, 5.41) is 11.8. The second-order valence-corrected chi connectivity index (χ2v) is 9.89. The molecule has 0 bridgehead atoms. The van der Waals surface area contributed by atoms with E-state index >= 15 is 0 Å². The predicted octanol–water partition coefficient (Wildman–Crippen LogP) is 3.30. The van der Waals surface area contributed by atoms with Gasteiger partial charge in [-0.05, 0) is 45.0 Å². The average Bonchev–Trinajstić information content (AvgIpc) is 2.99. The lowest BCUT2D eigenvalue weighted by molar-refractivity contribution is -0.306. The molecule has 0 radical (unpaired) electrons. The molecule has 2 heterocycles. The fraction of sp³-hybridized carbons (Fsp3) is 0.333. The van der Waals surface area contributed by atoms with Crippen molar-refractivity contribution in [2.75, 3.05) is 31.8 Å². The third-order valence-corrected chi connectivity index (χ3v) is 8.59. The lowest BCUT2D eigenvalue weighted by Crippen LogP contribution is -2.53. The van der Waals surface area contributed by atoms with Crippen LogP contribution in [0.15, 0.2) is 66.2 Å². The zero-order valence-electron chi connectivity index (χ0n) is 19.5. The molecule has 0 saturated heterocycles. The van der Waals surface area contributed by atoms with E-state index in [0.29, 0.717) is 5.69 Å². The lowest BCUT2D eigenvalue weighted by Gasteiger charge is -2.36. The van der Waals surface area contributed by atoms with Crippen molar-refractivity contribution in [1.29, 1.82) is 0 Å². The van der Waals surface area contributed by atoms with Crippen LogP contribution in [0.25, 0.3) is 0 Å². The van der Waals surface area contributed by atoms with Crippen LogP contribution in [-0.2, 0) is 18.4 Å². The van der Waals surface area contributed by atoms with Crippen LogP contribution in [-0.4, -0.2) is 48.9 Å². The molecule has 180 valence electrons. The van der Waals surface area contributed by atoms with Gasteiger partial charge in [0.1, 0.15) is 11.4 Å². The monoisotopic (exact) mass is 486 g/mol. The van der Waals surface area contributed by atoms with E-state index in [1.807, 2.05) is 0 Å². The first-order valence-corrected chi connectivity index (χ1v) is 12.6. The predicted molar refractivity (Wildman–Crippen MR) is 125 cm³/mol. The van der Waals surface area contributed by atoms with Crippen molar-refractivity contribution in [2.24, 2.45) is 0 Å². The highest BCUT2D eigenvalue weighted by molar-refractivity contribution is 7.64. The van der Waals surface area contributed by atoms with Gasteiger partial charge in [0.05, 0.1) is 25.4 Å². The number of amides is 2. The van der Waals surface area contributed by atoms with Crippen LogP contribution in [0, 0.1) is 0 Å². The van der Waals surface area contributed by atoms with Gasteiger partial charge >= 0.3 is 19.2 Å². The molecule has 1 unspecified atom stereocenters. The molecule has 1 atom stereocenters. The van der Waals surface area contributed by atoms with Gasteiger partial charge in [0.15, 0.2) is 0 Å². The van der Waals surface area contributed by atoms with Crippen LogP contribution in [0.1, 0.15) is 31.1 Å². The molecule has 10 heteroatoms. The Morgan fingerprint density at radius 2 is 1.47 bits per heavy atom. The van der Waals surface area contributed by atoms with Gasteiger partial charge in [0.2, 0.25) is 0 Å². The molecule has 34 heavy (non-hydrogen) atoms.